The summed E-state index contributed by atoms with van der Waals surface area (Å²) in [5.41, 5.74) is -0.0777. The molecule has 14 heteroatoms. The number of primary amides is 1. The van der Waals surface area contributed by atoms with Gasteiger partial charge in [-0.3, -0.25) is 19.3 Å². The van der Waals surface area contributed by atoms with E-state index >= 15 is 4.39 Å². The summed E-state index contributed by atoms with van der Waals surface area (Å²) in [5, 5.41) is 45.8. The van der Waals surface area contributed by atoms with Crippen molar-refractivity contribution in [2.75, 3.05) is 20.6 Å². The Morgan fingerprint density at radius 1 is 1.24 bits per heavy atom. The predicted octanol–water partition coefficient (Wildman–Crippen LogP) is 0.755. The lowest BCUT2D eigenvalue weighted by atomic mass is 9.57. The van der Waals surface area contributed by atoms with Crippen molar-refractivity contribution < 1.29 is 52.4 Å². The van der Waals surface area contributed by atoms with Gasteiger partial charge in [-0.25, -0.2) is 4.39 Å². The highest BCUT2D eigenvalue weighted by atomic mass is 19.4. The van der Waals surface area contributed by atoms with Crippen molar-refractivity contribution in [2.24, 2.45) is 17.6 Å². The summed E-state index contributed by atoms with van der Waals surface area (Å²) >= 11 is 0. The Morgan fingerprint density at radius 2 is 1.87 bits per heavy atom. The van der Waals surface area contributed by atoms with Crippen molar-refractivity contribution in [3.63, 3.8) is 0 Å². The van der Waals surface area contributed by atoms with Crippen LogP contribution in [0.4, 0.5) is 17.6 Å². The number of hydrogen-bond acceptors (Lipinski definition) is 9. The number of hydrogen-bond donors (Lipinski definition) is 6. The fourth-order valence-electron chi connectivity index (χ4n) is 5.81. The summed E-state index contributed by atoms with van der Waals surface area (Å²) < 4.78 is 52.9. The van der Waals surface area contributed by atoms with E-state index in [2.05, 4.69) is 0 Å². The van der Waals surface area contributed by atoms with Gasteiger partial charge in [-0.15, -0.1) is 0 Å². The van der Waals surface area contributed by atoms with Crippen LogP contribution in [-0.2, 0) is 27.3 Å². The number of fused-ring (bicyclic) bond motifs is 3. The zero-order chi connectivity index (χ0) is 28.5. The number of ketones is 2. The number of aliphatic hydroxyl groups is 3. The summed E-state index contributed by atoms with van der Waals surface area (Å²) in [6.07, 6.45) is -5.12. The number of aromatic hydroxyl groups is 1. The molecule has 4 rings (SSSR count). The number of carbonyl (C=O) groups is 3. The third-order valence-electron chi connectivity index (χ3n) is 7.37. The maximum Gasteiger partial charge on any atom is 0.401 e. The maximum absolute atomic E-state index is 15.4. The van der Waals surface area contributed by atoms with Crippen LogP contribution in [-0.4, -0.2) is 81.3 Å². The zero-order valence-corrected chi connectivity index (χ0v) is 20.2. The number of phenolic OH excluding ortho intramolecular Hbond substituents is 1. The van der Waals surface area contributed by atoms with Crippen LogP contribution >= 0.6 is 0 Å². The number of nitrogens with two attached hydrogens (primary N) is 1. The Kier molecular flexibility index (Phi) is 6.57. The van der Waals surface area contributed by atoms with Crippen molar-refractivity contribution in [3.8, 4) is 5.75 Å². The summed E-state index contributed by atoms with van der Waals surface area (Å²) in [7, 11) is 2.87. The van der Waals surface area contributed by atoms with Crippen LogP contribution in [0.3, 0.4) is 0 Å². The van der Waals surface area contributed by atoms with E-state index in [4.69, 9.17) is 5.73 Å². The molecule has 4 atom stereocenters. The molecule has 1 fully saturated rings. The number of Topliss-reactive ketones (excluding diaryl/α,β-unsaturated/α-hetero) is 2. The number of amides is 1. The highest BCUT2D eigenvalue weighted by molar-refractivity contribution is 6.24. The second-order valence-electron chi connectivity index (χ2n) is 9.90. The molecule has 1 aromatic carbocycles. The minimum Gasteiger partial charge on any atom is -0.508 e. The number of likely N-dealkylation sites (N-methyl/N-ethyl adjacent to an activating group) is 1. The molecule has 206 valence electrons. The third kappa shape index (κ3) is 4.03. The molecule has 1 amide bonds. The molecule has 1 aromatic rings. The molecule has 0 heterocycles. The van der Waals surface area contributed by atoms with Crippen molar-refractivity contribution in [2.45, 2.75) is 37.2 Å². The van der Waals surface area contributed by atoms with Gasteiger partial charge in [0.05, 0.1) is 18.2 Å². The quantitative estimate of drug-likeness (QED) is 0.231. The second kappa shape index (κ2) is 9.06. The molecule has 3 aliphatic carbocycles. The molecule has 0 bridgehead atoms. The van der Waals surface area contributed by atoms with Gasteiger partial charge < -0.3 is 31.5 Å². The van der Waals surface area contributed by atoms with E-state index in [1.807, 2.05) is 5.32 Å². The SMILES string of the molecule is CN(C)[C@@H]1C(=O)C(C(N)=O)=C(O)[C@@]2(O)C(=O)C3=C(O)c4c(O)cc(CNCC(F)(F)F)c(F)c4C[C@H]3CC12. The number of alkyl halides is 3. The Morgan fingerprint density at radius 3 is 2.42 bits per heavy atom. The largest absolute Gasteiger partial charge is 0.508 e. The van der Waals surface area contributed by atoms with Crippen LogP contribution in [0.1, 0.15) is 23.1 Å². The fraction of sp³-hybridized carbons (Fsp3) is 0.458. The first-order chi connectivity index (χ1) is 17.5. The highest BCUT2D eigenvalue weighted by Gasteiger charge is 2.64. The average molecular weight is 543 g/mol. The monoisotopic (exact) mass is 543 g/mol. The van der Waals surface area contributed by atoms with Crippen LogP contribution < -0.4 is 11.1 Å². The van der Waals surface area contributed by atoms with Crippen LogP contribution in [0.5, 0.6) is 5.75 Å². The molecule has 7 N–H and O–H groups in total. The number of phenols is 1. The Labute approximate surface area is 213 Å². The molecule has 1 unspecified atom stereocenters. The van der Waals surface area contributed by atoms with E-state index in [1.54, 1.807) is 0 Å². The molecule has 0 aliphatic heterocycles. The minimum atomic E-state index is -4.56. The smallest absolute Gasteiger partial charge is 0.401 e. The van der Waals surface area contributed by atoms with E-state index in [1.165, 1.54) is 19.0 Å². The van der Waals surface area contributed by atoms with Gasteiger partial charge in [-0.1, -0.05) is 0 Å². The first kappa shape index (κ1) is 27.5. The zero-order valence-electron chi connectivity index (χ0n) is 20.2. The highest BCUT2D eigenvalue weighted by Crippen LogP contribution is 2.53. The van der Waals surface area contributed by atoms with Crippen molar-refractivity contribution in [1.82, 2.24) is 10.2 Å². The molecule has 0 aromatic heterocycles. The van der Waals surface area contributed by atoms with E-state index < -0.39 is 100 Å². The van der Waals surface area contributed by atoms with Gasteiger partial charge in [-0.05, 0) is 38.9 Å². The number of halogens is 4. The summed E-state index contributed by atoms with van der Waals surface area (Å²) in [6, 6.07) is -0.493. The van der Waals surface area contributed by atoms with Crippen molar-refractivity contribution >= 4 is 23.2 Å². The molecule has 1 saturated carbocycles. The van der Waals surface area contributed by atoms with Gasteiger partial charge in [-0.2, -0.15) is 13.2 Å². The maximum atomic E-state index is 15.4. The van der Waals surface area contributed by atoms with Gasteiger partial charge in [0, 0.05) is 29.2 Å². The lowest BCUT2D eigenvalue weighted by molar-refractivity contribution is -0.153. The van der Waals surface area contributed by atoms with Gasteiger partial charge in [0.15, 0.2) is 11.4 Å². The lowest BCUT2D eigenvalue weighted by Gasteiger charge is -2.50. The number of benzene rings is 1. The van der Waals surface area contributed by atoms with Gasteiger partial charge in [0.25, 0.3) is 5.91 Å². The second-order valence-corrected chi connectivity index (χ2v) is 9.90. The summed E-state index contributed by atoms with van der Waals surface area (Å²) in [5.74, 6) is -9.79. The normalized spacial score (nSPS) is 27.4. The van der Waals surface area contributed by atoms with Crippen molar-refractivity contribution in [3.05, 3.63) is 45.5 Å². The molecule has 38 heavy (non-hydrogen) atoms. The molecule has 0 radical (unpaired) electrons. The van der Waals surface area contributed by atoms with E-state index in [0.29, 0.717) is 0 Å². The summed E-state index contributed by atoms with van der Waals surface area (Å²) in [6.45, 7) is -2.01. The molecule has 10 nitrogen and oxygen atoms in total. The van der Waals surface area contributed by atoms with Crippen LogP contribution in [0.15, 0.2) is 23.0 Å². The molecule has 0 spiro atoms. The molecular weight excluding hydrogens is 518 g/mol. The van der Waals surface area contributed by atoms with Gasteiger partial charge >= 0.3 is 6.18 Å². The number of rotatable bonds is 5. The summed E-state index contributed by atoms with van der Waals surface area (Å²) in [4.78, 5) is 40.0. The first-order valence-electron chi connectivity index (χ1n) is 11.5. The minimum absolute atomic E-state index is 0.248. The number of nitrogens with one attached hydrogen (secondary N) is 1. The molecular formula is C24H25F4N3O7. The Bertz CT molecular complexity index is 1320. The van der Waals surface area contributed by atoms with E-state index in [0.717, 1.165) is 6.07 Å². The molecule has 3 aliphatic rings. The van der Waals surface area contributed by atoms with Gasteiger partial charge in [0.2, 0.25) is 5.78 Å². The van der Waals surface area contributed by atoms with Crippen LogP contribution in [0.25, 0.3) is 5.76 Å². The van der Waals surface area contributed by atoms with E-state index in [9.17, 15) is 48.0 Å². The standard InChI is InChI=1S/C24H25F4N3O7/c1-31(2)17-11-4-8-3-10-14(12(32)5-9(16(10)25)6-30-7-23(26,27)28)18(33)13(8)20(35)24(11,38)21(36)15(19(17)34)22(29)37/h5,8,11,17,30,32-33,36,38H,3-4,6-7H2,1-2H3,(H2,29,37)/t8-,11?,17-,24-/m0/s1. The fourth-order valence-corrected chi connectivity index (χ4v) is 5.81. The topological polar surface area (TPSA) is 173 Å². The Hall–Kier alpha value is -3.49. The number of carbonyl (C=O) groups excluding carboxylic acids is 3. The number of nitrogens with zero attached hydrogens (tertiary/aromatic N) is 1. The van der Waals surface area contributed by atoms with Crippen LogP contribution in [0.2, 0.25) is 0 Å². The molecule has 0 saturated heterocycles. The predicted molar refractivity (Wildman–Crippen MR) is 122 cm³/mol. The third-order valence-corrected chi connectivity index (χ3v) is 7.37. The van der Waals surface area contributed by atoms with Crippen molar-refractivity contribution in [1.29, 1.82) is 0 Å². The number of aliphatic hydroxyl groups excluding tert-OH is 2. The average Bonchev–Trinajstić information content (AvgIpc) is 2.78. The van der Waals surface area contributed by atoms with Gasteiger partial charge in [0.1, 0.15) is 28.7 Å². The lowest BCUT2D eigenvalue weighted by Crippen LogP contribution is -2.65. The van der Waals surface area contributed by atoms with E-state index in [-0.39, 0.29) is 24.0 Å². The Balaban J connectivity index is 1.85. The van der Waals surface area contributed by atoms with Crippen LogP contribution in [0, 0.1) is 17.7 Å². The first-order valence-corrected chi connectivity index (χ1v) is 11.5.